The second-order valence-corrected chi connectivity index (χ2v) is 7.09. The van der Waals surface area contributed by atoms with Crippen LogP contribution in [-0.2, 0) is 6.54 Å². The molecule has 0 radical (unpaired) electrons. The summed E-state index contributed by atoms with van der Waals surface area (Å²) in [5, 5.41) is 15.1. The van der Waals surface area contributed by atoms with Gasteiger partial charge in [0.15, 0.2) is 5.82 Å². The average molecular weight is 407 g/mol. The third kappa shape index (κ3) is 3.57. The molecule has 0 spiro atoms. The summed E-state index contributed by atoms with van der Waals surface area (Å²) in [7, 11) is 0. The Morgan fingerprint density at radius 1 is 1.17 bits per heavy atom. The number of amides is 2. The molecule has 1 aromatic heterocycles. The molecule has 0 atom stereocenters. The first kappa shape index (κ1) is 19.8. The first-order valence-corrected chi connectivity index (χ1v) is 9.65. The quantitative estimate of drug-likeness (QED) is 0.600. The average Bonchev–Trinajstić information content (AvgIpc) is 2.72. The number of carbonyl (C=O) groups excluding carboxylic acids is 1. The van der Waals surface area contributed by atoms with Gasteiger partial charge in [0, 0.05) is 17.7 Å². The Kier molecular flexibility index (Phi) is 5.33. The number of hydrogen-bond donors (Lipinski definition) is 3. The van der Waals surface area contributed by atoms with Crippen molar-refractivity contribution < 1.29 is 14.3 Å². The molecule has 0 bridgehead atoms. The maximum absolute atomic E-state index is 13.7. The van der Waals surface area contributed by atoms with Crippen molar-refractivity contribution >= 4 is 23.5 Å². The predicted octanol–water partition coefficient (Wildman–Crippen LogP) is 3.67. The number of halogens is 1. The second kappa shape index (κ2) is 8.08. The molecule has 154 valence electrons. The van der Waals surface area contributed by atoms with E-state index in [2.05, 4.69) is 20.6 Å². The van der Waals surface area contributed by atoms with Crippen LogP contribution in [0.5, 0.6) is 0 Å². The summed E-state index contributed by atoms with van der Waals surface area (Å²) in [4.78, 5) is 23.6. The summed E-state index contributed by atoms with van der Waals surface area (Å²) in [5.74, 6) is 0.421. The van der Waals surface area contributed by atoms with Crippen LogP contribution in [0, 0.1) is 19.7 Å². The van der Waals surface area contributed by atoms with Crippen molar-refractivity contribution in [3.05, 3.63) is 65.0 Å². The highest BCUT2D eigenvalue weighted by molar-refractivity contribution is 6.02. The minimum atomic E-state index is -0.326. The van der Waals surface area contributed by atoms with Crippen LogP contribution in [0.25, 0.3) is 11.3 Å². The van der Waals surface area contributed by atoms with E-state index < -0.39 is 0 Å². The van der Waals surface area contributed by atoms with Gasteiger partial charge in [0.05, 0.1) is 24.5 Å². The first-order valence-electron chi connectivity index (χ1n) is 9.65. The van der Waals surface area contributed by atoms with E-state index >= 15 is 0 Å². The summed E-state index contributed by atoms with van der Waals surface area (Å²) >= 11 is 0. The van der Waals surface area contributed by atoms with E-state index in [-0.39, 0.29) is 37.5 Å². The molecule has 30 heavy (non-hydrogen) atoms. The molecule has 2 amide bonds. The largest absolute Gasteiger partial charge is 0.395 e. The Morgan fingerprint density at radius 3 is 2.70 bits per heavy atom. The fraction of sp³-hybridized carbons (Fsp3) is 0.227. The third-order valence-corrected chi connectivity index (χ3v) is 5.01. The van der Waals surface area contributed by atoms with Crippen molar-refractivity contribution in [2.45, 2.75) is 20.4 Å². The summed E-state index contributed by atoms with van der Waals surface area (Å²) in [5.41, 5.74) is 4.46. The number of para-hydroxylation sites is 1. The van der Waals surface area contributed by atoms with Crippen LogP contribution < -0.4 is 15.5 Å². The molecule has 0 unspecified atom stereocenters. The van der Waals surface area contributed by atoms with Crippen LogP contribution in [0.3, 0.4) is 0 Å². The number of anilines is 3. The molecule has 7 nitrogen and oxygen atoms in total. The van der Waals surface area contributed by atoms with Crippen LogP contribution in [0.4, 0.5) is 26.6 Å². The molecule has 3 aromatic rings. The van der Waals surface area contributed by atoms with Gasteiger partial charge in [-0.2, -0.15) is 4.98 Å². The van der Waals surface area contributed by atoms with E-state index in [4.69, 9.17) is 0 Å². The lowest BCUT2D eigenvalue weighted by molar-refractivity contribution is 0.247. The van der Waals surface area contributed by atoms with Crippen molar-refractivity contribution in [3.63, 3.8) is 0 Å². The second-order valence-electron chi connectivity index (χ2n) is 7.09. The van der Waals surface area contributed by atoms with Crippen LogP contribution in [0.2, 0.25) is 0 Å². The predicted molar refractivity (Wildman–Crippen MR) is 113 cm³/mol. The number of benzene rings is 2. The number of rotatable bonds is 5. The minimum Gasteiger partial charge on any atom is -0.395 e. The lowest BCUT2D eigenvalue weighted by Gasteiger charge is -2.31. The van der Waals surface area contributed by atoms with E-state index in [0.717, 1.165) is 22.3 Å². The fourth-order valence-corrected chi connectivity index (χ4v) is 3.56. The number of hydrogen-bond acceptors (Lipinski definition) is 5. The normalized spacial score (nSPS) is 13.1. The minimum absolute atomic E-state index is 0.0899. The Balaban J connectivity index is 1.95. The van der Waals surface area contributed by atoms with Gasteiger partial charge in [-0.15, -0.1) is 0 Å². The monoisotopic (exact) mass is 407 g/mol. The lowest BCUT2D eigenvalue weighted by atomic mass is 10.00. The molecule has 3 N–H and O–H groups in total. The lowest BCUT2D eigenvalue weighted by Crippen LogP contribution is -2.42. The van der Waals surface area contributed by atoms with E-state index in [1.54, 1.807) is 6.07 Å². The van der Waals surface area contributed by atoms with E-state index in [1.165, 1.54) is 17.0 Å². The topological polar surface area (TPSA) is 90.4 Å². The summed E-state index contributed by atoms with van der Waals surface area (Å²) < 4.78 is 13.7. The van der Waals surface area contributed by atoms with Crippen molar-refractivity contribution in [2.24, 2.45) is 0 Å². The molecule has 2 aromatic carbocycles. The maximum atomic E-state index is 13.7. The van der Waals surface area contributed by atoms with Gasteiger partial charge in [-0.3, -0.25) is 0 Å². The van der Waals surface area contributed by atoms with Gasteiger partial charge in [0.1, 0.15) is 5.82 Å². The van der Waals surface area contributed by atoms with Crippen LogP contribution in [-0.4, -0.2) is 34.3 Å². The van der Waals surface area contributed by atoms with Gasteiger partial charge >= 0.3 is 6.03 Å². The first-order chi connectivity index (χ1) is 14.5. The molecule has 0 aliphatic carbocycles. The van der Waals surface area contributed by atoms with Crippen molar-refractivity contribution in [1.82, 2.24) is 15.3 Å². The SMILES string of the molecule is Cc1cc(F)ccc1-c1nc(NCCO)nc2c1CNC(=O)N2c1ccccc1C. The van der Waals surface area contributed by atoms with E-state index in [9.17, 15) is 14.3 Å². The Hall–Kier alpha value is -3.52. The van der Waals surface area contributed by atoms with Crippen molar-refractivity contribution in [1.29, 1.82) is 0 Å². The number of aryl methyl sites for hydroxylation is 2. The van der Waals surface area contributed by atoms with Crippen LogP contribution in [0.15, 0.2) is 42.5 Å². The van der Waals surface area contributed by atoms with Gasteiger partial charge in [-0.25, -0.2) is 19.1 Å². The highest BCUT2D eigenvalue weighted by Crippen LogP contribution is 2.38. The number of carbonyl (C=O) groups is 1. The van der Waals surface area contributed by atoms with E-state index in [0.29, 0.717) is 17.2 Å². The zero-order valence-electron chi connectivity index (χ0n) is 16.7. The Labute approximate surface area is 173 Å². The van der Waals surface area contributed by atoms with Gasteiger partial charge in [-0.05, 0) is 49.2 Å². The van der Waals surface area contributed by atoms with Gasteiger partial charge in [-0.1, -0.05) is 18.2 Å². The standard InChI is InChI=1S/C22H22FN5O2/c1-13-5-3-4-6-18(13)28-20-17(12-25-22(28)30)19(26-21(27-20)24-9-10-29)16-8-7-15(23)11-14(16)2/h3-8,11,29H,9-10,12H2,1-2H3,(H,25,30)(H,24,26,27). The molecular weight excluding hydrogens is 385 g/mol. The number of aliphatic hydroxyl groups is 1. The molecule has 1 aliphatic rings. The van der Waals surface area contributed by atoms with Crippen molar-refractivity contribution in [2.75, 3.05) is 23.4 Å². The number of urea groups is 1. The maximum Gasteiger partial charge on any atom is 0.328 e. The smallest absolute Gasteiger partial charge is 0.328 e. The number of nitrogens with zero attached hydrogens (tertiary/aromatic N) is 3. The summed E-state index contributed by atoms with van der Waals surface area (Å²) in [6, 6.07) is 11.8. The molecule has 8 heteroatoms. The summed E-state index contributed by atoms with van der Waals surface area (Å²) in [6.45, 7) is 4.16. The van der Waals surface area contributed by atoms with Gasteiger partial charge < -0.3 is 15.7 Å². The third-order valence-electron chi connectivity index (χ3n) is 5.01. The van der Waals surface area contributed by atoms with E-state index in [1.807, 2.05) is 38.1 Å². The molecule has 0 saturated carbocycles. The number of aliphatic hydroxyl groups excluding tert-OH is 1. The highest BCUT2D eigenvalue weighted by Gasteiger charge is 2.31. The molecule has 0 fully saturated rings. The van der Waals surface area contributed by atoms with Crippen LogP contribution >= 0.6 is 0 Å². The van der Waals surface area contributed by atoms with Crippen molar-refractivity contribution in [3.8, 4) is 11.3 Å². The fourth-order valence-electron chi connectivity index (χ4n) is 3.56. The molecule has 2 heterocycles. The van der Waals surface area contributed by atoms with Gasteiger partial charge in [0.2, 0.25) is 5.95 Å². The zero-order chi connectivity index (χ0) is 21.3. The molecule has 0 saturated heterocycles. The zero-order valence-corrected chi connectivity index (χ0v) is 16.7. The van der Waals surface area contributed by atoms with Crippen LogP contribution in [0.1, 0.15) is 16.7 Å². The number of nitrogens with one attached hydrogen (secondary N) is 2. The van der Waals surface area contributed by atoms with Gasteiger partial charge in [0.25, 0.3) is 0 Å². The number of fused-ring (bicyclic) bond motifs is 1. The molecule has 4 rings (SSSR count). The molecule has 1 aliphatic heterocycles. The summed E-state index contributed by atoms with van der Waals surface area (Å²) in [6.07, 6.45) is 0. The molecular formula is C22H22FN5O2. The number of aromatic nitrogens is 2. The Morgan fingerprint density at radius 2 is 1.97 bits per heavy atom. The Bertz CT molecular complexity index is 1120. The highest BCUT2D eigenvalue weighted by atomic mass is 19.1.